The van der Waals surface area contributed by atoms with Crippen LogP contribution in [0.2, 0.25) is 0 Å². The van der Waals surface area contributed by atoms with Gasteiger partial charge in [0.05, 0.1) is 0 Å². The van der Waals surface area contributed by atoms with Crippen LogP contribution < -0.4 is 10.2 Å². The van der Waals surface area contributed by atoms with Crippen molar-refractivity contribution < 1.29 is 9.13 Å². The Kier molecular flexibility index (Phi) is 4.66. The molecule has 122 valence electrons. The average molecular weight is 317 g/mol. The van der Waals surface area contributed by atoms with Crippen LogP contribution in [0.3, 0.4) is 0 Å². The first-order valence-corrected chi connectivity index (χ1v) is 7.61. The molecule has 6 nitrogen and oxygen atoms in total. The standard InChI is InChI=1S/C16H20FN5O/c1-11-8-14(21-15(19-11)10-23-2)20-12-5-7-22(9-12)16-13(17)4-3-6-18-16/h3-4,6,8,12H,5,7,9-10H2,1-2H3,(H,19,20,21). The zero-order chi connectivity index (χ0) is 16.2. The molecule has 2 aromatic heterocycles. The van der Waals surface area contributed by atoms with Crippen LogP contribution in [0, 0.1) is 12.7 Å². The van der Waals surface area contributed by atoms with E-state index in [-0.39, 0.29) is 11.9 Å². The van der Waals surface area contributed by atoms with Gasteiger partial charge >= 0.3 is 0 Å². The molecule has 0 spiro atoms. The SMILES string of the molecule is COCc1nc(C)cc(NC2CCN(c3ncccc3F)C2)n1. The number of ether oxygens (including phenoxy) is 1. The normalized spacial score (nSPS) is 17.5. The average Bonchev–Trinajstić information content (AvgIpc) is 2.95. The third kappa shape index (κ3) is 3.73. The number of pyridine rings is 1. The van der Waals surface area contributed by atoms with Crippen LogP contribution in [0.15, 0.2) is 24.4 Å². The number of nitrogens with one attached hydrogen (secondary N) is 1. The molecule has 0 amide bonds. The number of rotatable bonds is 5. The fourth-order valence-corrected chi connectivity index (χ4v) is 2.79. The maximum Gasteiger partial charge on any atom is 0.165 e. The molecule has 0 aliphatic carbocycles. The Bertz CT molecular complexity index is 681. The second kappa shape index (κ2) is 6.87. The number of methoxy groups -OCH3 is 1. The van der Waals surface area contributed by atoms with Gasteiger partial charge in [0.1, 0.15) is 12.4 Å². The second-order valence-electron chi connectivity index (χ2n) is 5.63. The first kappa shape index (κ1) is 15.6. The Morgan fingerprint density at radius 3 is 3.09 bits per heavy atom. The number of hydrogen-bond donors (Lipinski definition) is 1. The van der Waals surface area contributed by atoms with Gasteiger partial charge < -0.3 is 15.0 Å². The zero-order valence-electron chi connectivity index (χ0n) is 13.3. The minimum Gasteiger partial charge on any atom is -0.377 e. The minimum absolute atomic E-state index is 0.195. The van der Waals surface area contributed by atoms with Gasteiger partial charge in [0.15, 0.2) is 17.5 Å². The molecule has 1 atom stereocenters. The Labute approximate surface area is 134 Å². The molecule has 1 aliphatic rings. The zero-order valence-corrected chi connectivity index (χ0v) is 13.3. The van der Waals surface area contributed by atoms with Gasteiger partial charge in [-0.05, 0) is 25.5 Å². The molecule has 3 heterocycles. The van der Waals surface area contributed by atoms with Gasteiger partial charge in [-0.3, -0.25) is 0 Å². The smallest absolute Gasteiger partial charge is 0.165 e. The summed E-state index contributed by atoms with van der Waals surface area (Å²) in [5.74, 6) is 1.56. The first-order chi connectivity index (χ1) is 11.2. The summed E-state index contributed by atoms with van der Waals surface area (Å²) in [6.45, 7) is 3.76. The second-order valence-corrected chi connectivity index (χ2v) is 5.63. The van der Waals surface area contributed by atoms with Crippen molar-refractivity contribution >= 4 is 11.6 Å². The summed E-state index contributed by atoms with van der Waals surface area (Å²) in [6.07, 6.45) is 2.52. The monoisotopic (exact) mass is 317 g/mol. The van der Waals surface area contributed by atoms with Gasteiger partial charge in [-0.1, -0.05) is 0 Å². The van der Waals surface area contributed by atoms with Crippen molar-refractivity contribution in [2.24, 2.45) is 0 Å². The van der Waals surface area contributed by atoms with Crippen LogP contribution in [-0.4, -0.2) is 41.2 Å². The molecule has 1 aliphatic heterocycles. The van der Waals surface area contributed by atoms with E-state index in [0.29, 0.717) is 24.8 Å². The quantitative estimate of drug-likeness (QED) is 0.912. The van der Waals surface area contributed by atoms with Gasteiger partial charge in [0.25, 0.3) is 0 Å². The number of aryl methyl sites for hydroxylation is 1. The van der Waals surface area contributed by atoms with Crippen LogP contribution in [0.5, 0.6) is 0 Å². The lowest BCUT2D eigenvalue weighted by molar-refractivity contribution is 0.177. The van der Waals surface area contributed by atoms with Crippen molar-refractivity contribution in [3.05, 3.63) is 41.7 Å². The predicted octanol–water partition coefficient (Wildman–Crippen LogP) is 2.16. The van der Waals surface area contributed by atoms with Crippen molar-refractivity contribution in [2.75, 3.05) is 30.4 Å². The Balaban J connectivity index is 1.67. The molecule has 0 bridgehead atoms. The highest BCUT2D eigenvalue weighted by atomic mass is 19.1. The van der Waals surface area contributed by atoms with E-state index >= 15 is 0 Å². The number of anilines is 2. The molecular formula is C16H20FN5O. The van der Waals surface area contributed by atoms with Crippen molar-refractivity contribution in [2.45, 2.75) is 26.0 Å². The summed E-state index contributed by atoms with van der Waals surface area (Å²) in [5.41, 5.74) is 0.889. The van der Waals surface area contributed by atoms with Gasteiger partial charge in [0, 0.05) is 44.2 Å². The number of nitrogens with zero attached hydrogens (tertiary/aromatic N) is 4. The van der Waals surface area contributed by atoms with E-state index in [9.17, 15) is 4.39 Å². The molecule has 0 saturated carbocycles. The summed E-state index contributed by atoms with van der Waals surface area (Å²) in [4.78, 5) is 14.9. The molecule has 7 heteroatoms. The third-order valence-corrected chi connectivity index (χ3v) is 3.75. The van der Waals surface area contributed by atoms with Crippen LogP contribution in [0.4, 0.5) is 16.0 Å². The minimum atomic E-state index is -0.284. The van der Waals surface area contributed by atoms with Gasteiger partial charge in [-0.15, -0.1) is 0 Å². The highest BCUT2D eigenvalue weighted by Gasteiger charge is 2.25. The van der Waals surface area contributed by atoms with Gasteiger partial charge in [-0.25, -0.2) is 19.3 Å². The highest BCUT2D eigenvalue weighted by molar-refractivity contribution is 5.44. The van der Waals surface area contributed by atoms with E-state index in [4.69, 9.17) is 4.74 Å². The summed E-state index contributed by atoms with van der Waals surface area (Å²) in [6, 6.07) is 5.14. The molecule has 1 fully saturated rings. The predicted molar refractivity (Wildman–Crippen MR) is 85.9 cm³/mol. The van der Waals surface area contributed by atoms with E-state index in [1.54, 1.807) is 19.4 Å². The third-order valence-electron chi connectivity index (χ3n) is 3.75. The molecule has 1 unspecified atom stereocenters. The summed E-state index contributed by atoms with van der Waals surface area (Å²) < 4.78 is 18.9. The number of hydrogen-bond acceptors (Lipinski definition) is 6. The van der Waals surface area contributed by atoms with Gasteiger partial charge in [-0.2, -0.15) is 0 Å². The van der Waals surface area contributed by atoms with Gasteiger partial charge in [0.2, 0.25) is 0 Å². The summed E-state index contributed by atoms with van der Waals surface area (Å²) in [7, 11) is 1.62. The molecule has 23 heavy (non-hydrogen) atoms. The summed E-state index contributed by atoms with van der Waals surface area (Å²) in [5, 5.41) is 3.40. The van der Waals surface area contributed by atoms with E-state index < -0.39 is 0 Å². The lowest BCUT2D eigenvalue weighted by Gasteiger charge is -2.18. The summed E-state index contributed by atoms with van der Waals surface area (Å²) >= 11 is 0. The molecule has 1 saturated heterocycles. The Morgan fingerprint density at radius 1 is 1.43 bits per heavy atom. The maximum atomic E-state index is 13.8. The van der Waals surface area contributed by atoms with Crippen molar-refractivity contribution in [1.29, 1.82) is 0 Å². The van der Waals surface area contributed by atoms with E-state index in [1.807, 2.05) is 17.9 Å². The number of aromatic nitrogens is 3. The molecule has 3 rings (SSSR count). The Hall–Kier alpha value is -2.28. The first-order valence-electron chi connectivity index (χ1n) is 7.61. The fourth-order valence-electron chi connectivity index (χ4n) is 2.79. The van der Waals surface area contributed by atoms with Crippen LogP contribution in [0.1, 0.15) is 17.9 Å². The number of halogens is 1. The fraction of sp³-hybridized carbons (Fsp3) is 0.438. The molecule has 0 radical (unpaired) electrons. The largest absolute Gasteiger partial charge is 0.377 e. The van der Waals surface area contributed by atoms with Crippen LogP contribution in [-0.2, 0) is 11.3 Å². The van der Waals surface area contributed by atoms with Crippen LogP contribution >= 0.6 is 0 Å². The highest BCUT2D eigenvalue weighted by Crippen LogP contribution is 2.22. The van der Waals surface area contributed by atoms with Crippen molar-refractivity contribution in [3.63, 3.8) is 0 Å². The molecule has 1 N–H and O–H groups in total. The molecular weight excluding hydrogens is 297 g/mol. The maximum absolute atomic E-state index is 13.8. The van der Waals surface area contributed by atoms with Crippen molar-refractivity contribution in [3.8, 4) is 0 Å². The topological polar surface area (TPSA) is 63.2 Å². The Morgan fingerprint density at radius 2 is 2.30 bits per heavy atom. The van der Waals surface area contributed by atoms with Crippen LogP contribution in [0.25, 0.3) is 0 Å². The van der Waals surface area contributed by atoms with Crippen molar-refractivity contribution in [1.82, 2.24) is 15.0 Å². The molecule has 2 aromatic rings. The molecule has 0 aromatic carbocycles. The van der Waals surface area contributed by atoms with E-state index in [1.165, 1.54) is 6.07 Å². The lowest BCUT2D eigenvalue weighted by Crippen LogP contribution is -2.27. The lowest BCUT2D eigenvalue weighted by atomic mass is 10.2. The van der Waals surface area contributed by atoms with E-state index in [2.05, 4.69) is 20.3 Å². The van der Waals surface area contributed by atoms with E-state index in [0.717, 1.165) is 24.5 Å².